The molecule has 2 aromatic carbocycles. The maximum absolute atomic E-state index is 13.2. The molecule has 0 saturated carbocycles. The predicted octanol–water partition coefficient (Wildman–Crippen LogP) is 2.65. The van der Waals surface area contributed by atoms with E-state index in [9.17, 15) is 9.59 Å². The Labute approximate surface area is 189 Å². The summed E-state index contributed by atoms with van der Waals surface area (Å²) in [7, 11) is 3.15. The molecule has 2 fully saturated rings. The van der Waals surface area contributed by atoms with E-state index in [1.54, 1.807) is 32.4 Å². The van der Waals surface area contributed by atoms with Gasteiger partial charge in [0, 0.05) is 50.9 Å². The topological polar surface area (TPSA) is 62.3 Å². The number of benzene rings is 2. The second kappa shape index (κ2) is 10.0. The number of carbonyl (C=O) groups excluding carboxylic acids is 2. The second-order valence-corrected chi connectivity index (χ2v) is 8.33. The minimum Gasteiger partial charge on any atom is -0.497 e. The summed E-state index contributed by atoms with van der Waals surface area (Å²) in [5, 5.41) is 0. The van der Waals surface area contributed by atoms with Crippen molar-refractivity contribution in [2.75, 3.05) is 46.9 Å². The molecule has 2 amide bonds. The Hall–Kier alpha value is -3.06. The summed E-state index contributed by atoms with van der Waals surface area (Å²) >= 11 is 0. The van der Waals surface area contributed by atoms with E-state index < -0.39 is 0 Å². The van der Waals surface area contributed by atoms with E-state index in [-0.39, 0.29) is 17.9 Å². The molecule has 32 heavy (non-hydrogen) atoms. The summed E-state index contributed by atoms with van der Waals surface area (Å²) < 4.78 is 10.6. The molecule has 7 heteroatoms. The molecule has 2 aromatic rings. The highest BCUT2D eigenvalue weighted by molar-refractivity contribution is 5.95. The molecule has 7 nitrogen and oxygen atoms in total. The standard InChI is InChI=1S/C25H31N3O4/c1-31-21-15-20(16-22(17-21)32-2)24(29)27-11-6-10-26(13-14-27)23-9-12-28(25(23)30)18-19-7-4-3-5-8-19/h3-5,7-8,15-17,23H,6,9-14,18H2,1-2H3/t23-/m1/s1. The lowest BCUT2D eigenvalue weighted by Gasteiger charge is -2.27. The Morgan fingerprint density at radius 1 is 0.938 bits per heavy atom. The molecule has 0 N–H and O–H groups in total. The number of nitrogens with zero attached hydrogens (tertiary/aromatic N) is 3. The molecule has 0 bridgehead atoms. The molecule has 2 aliphatic heterocycles. The second-order valence-electron chi connectivity index (χ2n) is 8.33. The molecule has 1 atom stereocenters. The van der Waals surface area contributed by atoms with E-state index >= 15 is 0 Å². The van der Waals surface area contributed by atoms with Crippen LogP contribution in [0.3, 0.4) is 0 Å². The number of ether oxygens (including phenoxy) is 2. The van der Waals surface area contributed by atoms with E-state index in [1.807, 2.05) is 28.0 Å². The van der Waals surface area contributed by atoms with Crippen LogP contribution in [0, 0.1) is 0 Å². The first-order valence-corrected chi connectivity index (χ1v) is 11.2. The minimum atomic E-state index is -0.0920. The first-order valence-electron chi connectivity index (χ1n) is 11.2. The highest BCUT2D eigenvalue weighted by Crippen LogP contribution is 2.25. The average molecular weight is 438 g/mol. The zero-order valence-corrected chi connectivity index (χ0v) is 18.8. The van der Waals surface area contributed by atoms with Gasteiger partial charge in [0.05, 0.1) is 20.3 Å². The van der Waals surface area contributed by atoms with Gasteiger partial charge in [-0.05, 0) is 30.5 Å². The van der Waals surface area contributed by atoms with Crippen LogP contribution in [0.25, 0.3) is 0 Å². The number of carbonyl (C=O) groups is 2. The predicted molar refractivity (Wildman–Crippen MR) is 122 cm³/mol. The van der Waals surface area contributed by atoms with Crippen molar-refractivity contribution < 1.29 is 19.1 Å². The van der Waals surface area contributed by atoms with Gasteiger partial charge in [-0.15, -0.1) is 0 Å². The number of hydrogen-bond acceptors (Lipinski definition) is 5. The maximum Gasteiger partial charge on any atom is 0.254 e. The summed E-state index contributed by atoms with van der Waals surface area (Å²) in [6.45, 7) is 4.22. The van der Waals surface area contributed by atoms with Gasteiger partial charge in [0.2, 0.25) is 5.91 Å². The van der Waals surface area contributed by atoms with Crippen molar-refractivity contribution in [2.45, 2.75) is 25.4 Å². The Balaban J connectivity index is 1.38. The van der Waals surface area contributed by atoms with Gasteiger partial charge in [-0.1, -0.05) is 30.3 Å². The van der Waals surface area contributed by atoms with Crippen LogP contribution in [0.1, 0.15) is 28.8 Å². The molecular weight excluding hydrogens is 406 g/mol. The lowest BCUT2D eigenvalue weighted by atomic mass is 10.1. The SMILES string of the molecule is COc1cc(OC)cc(C(=O)N2CCCN([C@@H]3CCN(Cc4ccccc4)C3=O)CC2)c1. The van der Waals surface area contributed by atoms with Gasteiger partial charge in [-0.3, -0.25) is 14.5 Å². The quantitative estimate of drug-likeness (QED) is 0.695. The van der Waals surface area contributed by atoms with Crippen LogP contribution in [0.4, 0.5) is 0 Å². The Bertz CT molecular complexity index is 927. The third-order valence-electron chi connectivity index (χ3n) is 6.34. The van der Waals surface area contributed by atoms with Crippen LogP contribution in [-0.2, 0) is 11.3 Å². The molecule has 0 spiro atoms. The average Bonchev–Trinajstić information content (AvgIpc) is 3.03. The summed E-state index contributed by atoms with van der Waals surface area (Å²) in [6, 6.07) is 15.3. The molecule has 0 radical (unpaired) electrons. The van der Waals surface area contributed by atoms with Gasteiger partial charge in [0.15, 0.2) is 0 Å². The summed E-state index contributed by atoms with van der Waals surface area (Å²) in [4.78, 5) is 32.3. The molecule has 2 aliphatic rings. The fourth-order valence-electron chi connectivity index (χ4n) is 4.59. The third kappa shape index (κ3) is 4.88. The Kier molecular flexibility index (Phi) is 6.95. The monoisotopic (exact) mass is 437 g/mol. The van der Waals surface area contributed by atoms with E-state index in [0.717, 1.165) is 31.5 Å². The minimum absolute atomic E-state index is 0.0347. The van der Waals surface area contributed by atoms with Gasteiger partial charge in [-0.25, -0.2) is 0 Å². The van der Waals surface area contributed by atoms with Gasteiger partial charge in [-0.2, -0.15) is 0 Å². The molecular formula is C25H31N3O4. The van der Waals surface area contributed by atoms with Crippen LogP contribution in [-0.4, -0.2) is 79.5 Å². The highest BCUT2D eigenvalue weighted by Gasteiger charge is 2.36. The lowest BCUT2D eigenvalue weighted by Crippen LogP contribution is -2.44. The number of amides is 2. The molecule has 0 aromatic heterocycles. The third-order valence-corrected chi connectivity index (χ3v) is 6.34. The van der Waals surface area contributed by atoms with Crippen LogP contribution in [0.5, 0.6) is 11.5 Å². The van der Waals surface area contributed by atoms with Gasteiger partial charge >= 0.3 is 0 Å². The van der Waals surface area contributed by atoms with Crippen LogP contribution in [0.2, 0.25) is 0 Å². The highest BCUT2D eigenvalue weighted by atomic mass is 16.5. The van der Waals surface area contributed by atoms with Crippen molar-refractivity contribution in [1.29, 1.82) is 0 Å². The fourth-order valence-corrected chi connectivity index (χ4v) is 4.59. The molecule has 0 aliphatic carbocycles. The zero-order chi connectivity index (χ0) is 22.5. The van der Waals surface area contributed by atoms with Crippen molar-refractivity contribution in [3.63, 3.8) is 0 Å². The summed E-state index contributed by atoms with van der Waals surface area (Å²) in [5.41, 5.74) is 1.71. The number of hydrogen-bond donors (Lipinski definition) is 0. The Morgan fingerprint density at radius 3 is 2.34 bits per heavy atom. The van der Waals surface area contributed by atoms with Gasteiger partial charge in [0.1, 0.15) is 11.5 Å². The maximum atomic E-state index is 13.2. The van der Waals surface area contributed by atoms with Crippen LogP contribution in [0.15, 0.2) is 48.5 Å². The van der Waals surface area contributed by atoms with Crippen molar-refractivity contribution in [3.05, 3.63) is 59.7 Å². The number of methoxy groups -OCH3 is 2. The van der Waals surface area contributed by atoms with Gasteiger partial charge < -0.3 is 19.3 Å². The fraction of sp³-hybridized carbons (Fsp3) is 0.440. The van der Waals surface area contributed by atoms with E-state index in [0.29, 0.717) is 43.2 Å². The van der Waals surface area contributed by atoms with Crippen molar-refractivity contribution in [1.82, 2.24) is 14.7 Å². The van der Waals surface area contributed by atoms with Crippen LogP contribution >= 0.6 is 0 Å². The zero-order valence-electron chi connectivity index (χ0n) is 18.8. The van der Waals surface area contributed by atoms with E-state index in [4.69, 9.17) is 9.47 Å². The van der Waals surface area contributed by atoms with Crippen molar-refractivity contribution in [3.8, 4) is 11.5 Å². The van der Waals surface area contributed by atoms with E-state index in [2.05, 4.69) is 17.0 Å². The summed E-state index contributed by atoms with van der Waals surface area (Å²) in [6.07, 6.45) is 1.68. The van der Waals surface area contributed by atoms with Crippen molar-refractivity contribution >= 4 is 11.8 Å². The molecule has 2 saturated heterocycles. The molecule has 4 rings (SSSR count). The van der Waals surface area contributed by atoms with Gasteiger partial charge in [0.25, 0.3) is 5.91 Å². The van der Waals surface area contributed by atoms with Crippen molar-refractivity contribution in [2.24, 2.45) is 0 Å². The smallest absolute Gasteiger partial charge is 0.254 e. The number of likely N-dealkylation sites (tertiary alicyclic amines) is 1. The first kappa shape index (κ1) is 22.1. The molecule has 0 unspecified atom stereocenters. The summed E-state index contributed by atoms with van der Waals surface area (Å²) in [5.74, 6) is 1.36. The molecule has 2 heterocycles. The van der Waals surface area contributed by atoms with E-state index in [1.165, 1.54) is 0 Å². The largest absolute Gasteiger partial charge is 0.497 e. The number of rotatable bonds is 6. The molecule has 170 valence electrons. The Morgan fingerprint density at radius 2 is 1.66 bits per heavy atom. The lowest BCUT2D eigenvalue weighted by molar-refractivity contribution is -0.132. The first-order chi connectivity index (χ1) is 15.6. The normalized spacial score (nSPS) is 19.7. The van der Waals surface area contributed by atoms with Crippen LogP contribution < -0.4 is 9.47 Å².